The Hall–Kier alpha value is -2.41. The lowest BCUT2D eigenvalue weighted by Gasteiger charge is -2.11. The van der Waals surface area contributed by atoms with E-state index in [9.17, 15) is 4.79 Å². The van der Waals surface area contributed by atoms with Gasteiger partial charge in [0.1, 0.15) is 0 Å². The van der Waals surface area contributed by atoms with E-state index in [4.69, 9.17) is 0 Å². The first-order valence-corrected chi connectivity index (χ1v) is 6.43. The van der Waals surface area contributed by atoms with Gasteiger partial charge in [-0.3, -0.25) is 4.79 Å². The highest BCUT2D eigenvalue weighted by atomic mass is 16.1. The molecule has 0 saturated heterocycles. The molecule has 0 fully saturated rings. The average molecular weight is 244 g/mol. The molecule has 0 aliphatic heterocycles. The van der Waals surface area contributed by atoms with E-state index in [1.807, 2.05) is 12.1 Å². The Morgan fingerprint density at radius 2 is 1.74 bits per heavy atom. The Kier molecular flexibility index (Phi) is 1.96. The minimum absolute atomic E-state index is 0.119. The summed E-state index contributed by atoms with van der Waals surface area (Å²) in [6.07, 6.45) is 3.60. The predicted molar refractivity (Wildman–Crippen MR) is 79.6 cm³/mol. The summed E-state index contributed by atoms with van der Waals surface area (Å²) in [7, 11) is 0. The highest BCUT2D eigenvalue weighted by molar-refractivity contribution is 6.21. The van der Waals surface area contributed by atoms with Gasteiger partial charge >= 0.3 is 0 Å². The summed E-state index contributed by atoms with van der Waals surface area (Å²) in [4.78, 5) is 11.8. The summed E-state index contributed by atoms with van der Waals surface area (Å²) in [5.41, 5.74) is 3.07. The fourth-order valence-electron chi connectivity index (χ4n) is 3.06. The van der Waals surface area contributed by atoms with Gasteiger partial charge in [0.25, 0.3) is 0 Å². The highest BCUT2D eigenvalue weighted by Gasteiger charge is 2.18. The van der Waals surface area contributed by atoms with Crippen LogP contribution in [0, 0.1) is 6.92 Å². The Balaban J connectivity index is 2.29. The van der Waals surface area contributed by atoms with Crippen LogP contribution in [-0.2, 0) is 0 Å². The van der Waals surface area contributed by atoms with Crippen LogP contribution in [0.5, 0.6) is 0 Å². The van der Waals surface area contributed by atoms with Gasteiger partial charge < -0.3 is 0 Å². The number of hydrogen-bond acceptors (Lipinski definition) is 1. The molecule has 1 aliphatic carbocycles. The minimum atomic E-state index is 0.119. The van der Waals surface area contributed by atoms with E-state index in [1.165, 1.54) is 27.1 Å². The first kappa shape index (κ1) is 10.5. The molecular weight excluding hydrogens is 232 g/mol. The van der Waals surface area contributed by atoms with E-state index < -0.39 is 0 Å². The summed E-state index contributed by atoms with van der Waals surface area (Å²) in [5, 5.41) is 4.94. The van der Waals surface area contributed by atoms with E-state index in [0.29, 0.717) is 0 Å². The van der Waals surface area contributed by atoms with E-state index in [-0.39, 0.29) is 5.78 Å². The van der Waals surface area contributed by atoms with Gasteiger partial charge in [0, 0.05) is 5.56 Å². The standard InChI is InChI=1S/C18H12O/c1-11-10-16-14(8-9-17(16)19)15-7-6-12-4-2-3-5-13(12)18(11)15/h2-10H,1H3. The molecule has 19 heavy (non-hydrogen) atoms. The third kappa shape index (κ3) is 1.33. The van der Waals surface area contributed by atoms with Crippen molar-refractivity contribution in [3.63, 3.8) is 0 Å². The molecule has 4 rings (SSSR count). The molecule has 1 heteroatoms. The van der Waals surface area contributed by atoms with E-state index in [0.717, 1.165) is 11.1 Å². The van der Waals surface area contributed by atoms with Gasteiger partial charge in [0.2, 0.25) is 0 Å². The van der Waals surface area contributed by atoms with Crippen molar-refractivity contribution in [2.24, 2.45) is 0 Å². The Bertz CT molecular complexity index is 885. The second kappa shape index (κ2) is 3.55. The second-order valence-corrected chi connectivity index (χ2v) is 5.06. The molecule has 90 valence electrons. The zero-order valence-corrected chi connectivity index (χ0v) is 10.6. The van der Waals surface area contributed by atoms with Crippen LogP contribution < -0.4 is 0 Å². The van der Waals surface area contributed by atoms with Crippen molar-refractivity contribution < 1.29 is 4.79 Å². The van der Waals surface area contributed by atoms with Crippen molar-refractivity contribution >= 4 is 33.4 Å². The largest absolute Gasteiger partial charge is 0.289 e. The van der Waals surface area contributed by atoms with Crippen molar-refractivity contribution in [1.29, 1.82) is 0 Å². The molecule has 0 spiro atoms. The molecule has 0 atom stereocenters. The lowest BCUT2D eigenvalue weighted by Crippen LogP contribution is -1.94. The third-order valence-electron chi connectivity index (χ3n) is 3.93. The van der Waals surface area contributed by atoms with Gasteiger partial charge in [-0.25, -0.2) is 0 Å². The molecule has 0 radical (unpaired) electrons. The number of carbonyl (C=O) groups excluding carboxylic acids is 1. The molecule has 0 aromatic heterocycles. The fraction of sp³-hybridized carbons (Fsp3) is 0.0556. The number of allylic oxidation sites excluding steroid dienone is 1. The maximum atomic E-state index is 11.8. The first-order valence-electron chi connectivity index (χ1n) is 6.43. The number of ketones is 1. The molecule has 0 N–H and O–H groups in total. The monoisotopic (exact) mass is 244 g/mol. The Labute approximate surface area is 111 Å². The Morgan fingerprint density at radius 1 is 0.895 bits per heavy atom. The molecule has 1 nitrogen and oxygen atoms in total. The van der Waals surface area contributed by atoms with E-state index in [2.05, 4.69) is 43.3 Å². The normalized spacial score (nSPS) is 13.4. The van der Waals surface area contributed by atoms with Crippen LogP contribution in [-0.4, -0.2) is 5.78 Å². The third-order valence-corrected chi connectivity index (χ3v) is 3.93. The van der Waals surface area contributed by atoms with Gasteiger partial charge in [0.15, 0.2) is 5.78 Å². The number of fused-ring (bicyclic) bond motifs is 5. The number of rotatable bonds is 0. The van der Waals surface area contributed by atoms with Gasteiger partial charge in [-0.05, 0) is 57.8 Å². The summed E-state index contributed by atoms with van der Waals surface area (Å²) >= 11 is 0. The van der Waals surface area contributed by atoms with Gasteiger partial charge in [-0.2, -0.15) is 0 Å². The smallest absolute Gasteiger partial charge is 0.186 e. The summed E-state index contributed by atoms with van der Waals surface area (Å²) in [6.45, 7) is 2.08. The number of benzene rings is 3. The zero-order valence-electron chi connectivity index (χ0n) is 10.6. The van der Waals surface area contributed by atoms with Crippen LogP contribution in [0.25, 0.3) is 27.6 Å². The van der Waals surface area contributed by atoms with Crippen molar-refractivity contribution in [3.05, 3.63) is 65.2 Å². The molecule has 0 unspecified atom stereocenters. The number of aryl methyl sites for hydroxylation is 1. The SMILES string of the molecule is Cc1cc2c(c3ccc4ccccc4c13)C=CC2=O. The van der Waals surface area contributed by atoms with Crippen molar-refractivity contribution in [3.8, 4) is 0 Å². The quantitative estimate of drug-likeness (QED) is 0.532. The molecule has 0 saturated carbocycles. The van der Waals surface area contributed by atoms with Crippen LogP contribution in [0.15, 0.2) is 48.5 Å². The first-order chi connectivity index (χ1) is 9.25. The van der Waals surface area contributed by atoms with Crippen LogP contribution in [0.1, 0.15) is 21.5 Å². The maximum absolute atomic E-state index is 11.8. The molecule has 0 heterocycles. The summed E-state index contributed by atoms with van der Waals surface area (Å²) in [6, 6.07) is 14.7. The number of hydrogen-bond donors (Lipinski definition) is 0. The lowest BCUT2D eigenvalue weighted by atomic mass is 9.92. The van der Waals surface area contributed by atoms with Gasteiger partial charge in [0.05, 0.1) is 0 Å². The lowest BCUT2D eigenvalue weighted by molar-refractivity contribution is 0.105. The molecule has 3 aromatic carbocycles. The molecular formula is C18H12O. The summed E-state index contributed by atoms with van der Waals surface area (Å²) < 4.78 is 0. The predicted octanol–water partition coefficient (Wildman–Crippen LogP) is 4.51. The highest BCUT2D eigenvalue weighted by Crippen LogP contribution is 2.35. The van der Waals surface area contributed by atoms with E-state index >= 15 is 0 Å². The maximum Gasteiger partial charge on any atom is 0.186 e. The van der Waals surface area contributed by atoms with Crippen LogP contribution >= 0.6 is 0 Å². The van der Waals surface area contributed by atoms with Crippen molar-refractivity contribution in [2.45, 2.75) is 6.92 Å². The Morgan fingerprint density at radius 3 is 2.63 bits per heavy atom. The average Bonchev–Trinajstić information content (AvgIpc) is 2.80. The van der Waals surface area contributed by atoms with Crippen LogP contribution in [0.4, 0.5) is 0 Å². The van der Waals surface area contributed by atoms with Crippen LogP contribution in [0.2, 0.25) is 0 Å². The molecule has 0 bridgehead atoms. The minimum Gasteiger partial charge on any atom is -0.289 e. The van der Waals surface area contributed by atoms with Crippen molar-refractivity contribution in [2.75, 3.05) is 0 Å². The fourth-order valence-corrected chi connectivity index (χ4v) is 3.06. The summed E-state index contributed by atoms with van der Waals surface area (Å²) in [5.74, 6) is 0.119. The zero-order chi connectivity index (χ0) is 13.0. The van der Waals surface area contributed by atoms with Crippen LogP contribution in [0.3, 0.4) is 0 Å². The number of carbonyl (C=O) groups is 1. The molecule has 0 amide bonds. The second-order valence-electron chi connectivity index (χ2n) is 5.06. The molecule has 3 aromatic rings. The van der Waals surface area contributed by atoms with Gasteiger partial charge in [-0.15, -0.1) is 0 Å². The van der Waals surface area contributed by atoms with Crippen molar-refractivity contribution in [1.82, 2.24) is 0 Å². The van der Waals surface area contributed by atoms with Gasteiger partial charge in [-0.1, -0.05) is 36.4 Å². The topological polar surface area (TPSA) is 17.1 Å². The van der Waals surface area contributed by atoms with E-state index in [1.54, 1.807) is 6.08 Å². The molecule has 1 aliphatic rings.